The molecular formula is C34H34N2O8S2. The van der Waals surface area contributed by atoms with E-state index in [9.17, 15) is 22.8 Å². The van der Waals surface area contributed by atoms with Crippen LogP contribution in [0.1, 0.15) is 50.0 Å². The second-order valence-electron chi connectivity index (χ2n) is 11.7. The summed E-state index contributed by atoms with van der Waals surface area (Å²) in [6.45, 7) is 6.96. The van der Waals surface area contributed by atoms with Crippen LogP contribution in [0, 0.1) is 6.92 Å². The van der Waals surface area contributed by atoms with E-state index in [-0.39, 0.29) is 28.5 Å². The van der Waals surface area contributed by atoms with Gasteiger partial charge in [-0.25, -0.2) is 9.59 Å². The van der Waals surface area contributed by atoms with Gasteiger partial charge < -0.3 is 19.0 Å². The van der Waals surface area contributed by atoms with Gasteiger partial charge in [-0.3, -0.25) is 9.69 Å². The Morgan fingerprint density at radius 3 is 2.09 bits per heavy atom. The number of fused-ring (bicyclic) bond motifs is 1. The van der Waals surface area contributed by atoms with Gasteiger partial charge in [-0.1, -0.05) is 78.4 Å². The van der Waals surface area contributed by atoms with Crippen molar-refractivity contribution in [1.29, 1.82) is 0 Å². The van der Waals surface area contributed by atoms with E-state index >= 15 is 0 Å². The first kappa shape index (κ1) is 32.8. The molecule has 3 aromatic rings. The highest BCUT2D eigenvalue weighted by atomic mass is 32.2. The van der Waals surface area contributed by atoms with Crippen LogP contribution in [0.4, 0.5) is 4.79 Å². The molecule has 10 nitrogen and oxygen atoms in total. The smallest absolute Gasteiger partial charge is 0.408 e. The highest BCUT2D eigenvalue weighted by Gasteiger charge is 2.49. The van der Waals surface area contributed by atoms with E-state index in [4.69, 9.17) is 13.7 Å². The van der Waals surface area contributed by atoms with E-state index in [1.54, 1.807) is 32.9 Å². The van der Waals surface area contributed by atoms with Gasteiger partial charge >= 0.3 is 22.2 Å². The van der Waals surface area contributed by atoms with Crippen molar-refractivity contribution in [1.82, 2.24) is 10.2 Å². The lowest BCUT2D eigenvalue weighted by molar-refractivity contribution is -0.151. The van der Waals surface area contributed by atoms with Gasteiger partial charge in [-0.2, -0.15) is 8.42 Å². The van der Waals surface area contributed by atoms with Crippen LogP contribution in [0.2, 0.25) is 0 Å². The fourth-order valence-corrected chi connectivity index (χ4v) is 7.03. The zero-order chi connectivity index (χ0) is 33.1. The Bertz CT molecular complexity index is 1730. The van der Waals surface area contributed by atoms with Crippen LogP contribution >= 0.6 is 11.8 Å². The lowest BCUT2D eigenvalue weighted by Crippen LogP contribution is -2.57. The molecule has 0 spiro atoms. The number of nitrogens with one attached hydrogen (secondary N) is 1. The first-order chi connectivity index (χ1) is 21.8. The van der Waals surface area contributed by atoms with E-state index in [0.29, 0.717) is 11.1 Å². The van der Waals surface area contributed by atoms with Crippen molar-refractivity contribution < 1.29 is 36.5 Å². The topological polar surface area (TPSA) is 128 Å². The molecule has 3 aromatic carbocycles. The fourth-order valence-electron chi connectivity index (χ4n) is 4.85. The number of carbonyl (C=O) groups is 3. The minimum absolute atomic E-state index is 0.0654. The minimum atomic E-state index is -4.22. The molecule has 2 aliphatic rings. The molecule has 0 aliphatic carbocycles. The minimum Gasteiger partial charge on any atom is -0.448 e. The molecule has 46 heavy (non-hydrogen) atoms. The average molecular weight is 663 g/mol. The van der Waals surface area contributed by atoms with E-state index in [1.807, 2.05) is 67.6 Å². The summed E-state index contributed by atoms with van der Waals surface area (Å²) in [7, 11) is -4.22. The Kier molecular flexibility index (Phi) is 9.59. The number of ether oxygens (including phenoxy) is 2. The molecule has 1 N–H and O–H groups in total. The van der Waals surface area contributed by atoms with E-state index in [2.05, 4.69) is 5.32 Å². The number of rotatable bonds is 9. The van der Waals surface area contributed by atoms with Gasteiger partial charge in [0.2, 0.25) is 5.91 Å². The Labute approximate surface area is 272 Å². The molecule has 0 saturated carbocycles. The van der Waals surface area contributed by atoms with Gasteiger partial charge in [0.25, 0.3) is 0 Å². The first-order valence-electron chi connectivity index (χ1n) is 14.5. The first-order valence-corrected chi connectivity index (χ1v) is 16.9. The van der Waals surface area contributed by atoms with Crippen LogP contribution < -0.4 is 5.32 Å². The quantitative estimate of drug-likeness (QED) is 0.128. The summed E-state index contributed by atoms with van der Waals surface area (Å²) >= 11 is 1.21. The molecule has 2 atom stereocenters. The molecule has 2 aliphatic heterocycles. The summed E-state index contributed by atoms with van der Waals surface area (Å²) in [6, 6.07) is 24.4. The summed E-state index contributed by atoms with van der Waals surface area (Å²) < 4.78 is 42.6. The molecule has 0 bridgehead atoms. The van der Waals surface area contributed by atoms with Crippen molar-refractivity contribution >= 4 is 39.8 Å². The van der Waals surface area contributed by atoms with Crippen LogP contribution in [0.25, 0.3) is 0 Å². The monoisotopic (exact) mass is 662 g/mol. The van der Waals surface area contributed by atoms with Gasteiger partial charge in [0.1, 0.15) is 27.8 Å². The number of aryl methyl sites for hydroxylation is 1. The second-order valence-corrected chi connectivity index (χ2v) is 14.5. The number of carbonyl (C=O) groups excluding carboxylic acids is 3. The van der Waals surface area contributed by atoms with Crippen LogP contribution in [-0.4, -0.2) is 47.6 Å². The predicted octanol–water partition coefficient (Wildman–Crippen LogP) is 5.96. The molecule has 2 heterocycles. The SMILES string of the molecule is Cc1ccc(S(=O)(=O)O/C=C/C2=C(C(=O)OC(c3ccccc3)c3ccccc3)N3C(=O)C[C@H]3SC2NC(=O)OC(C)(C)C)cc1. The van der Waals surface area contributed by atoms with Crippen molar-refractivity contribution in [2.24, 2.45) is 0 Å². The fraction of sp³-hybridized carbons (Fsp3) is 0.265. The van der Waals surface area contributed by atoms with Crippen LogP contribution in [0.3, 0.4) is 0 Å². The van der Waals surface area contributed by atoms with Gasteiger partial charge in [-0.05, 0) is 57.0 Å². The third kappa shape index (κ3) is 7.63. The van der Waals surface area contributed by atoms with Gasteiger partial charge in [0.15, 0.2) is 6.10 Å². The Hall–Kier alpha value is -4.55. The molecular weight excluding hydrogens is 629 g/mol. The number of alkyl carbamates (subject to hydrolysis) is 1. The maximum absolute atomic E-state index is 14.2. The Morgan fingerprint density at radius 1 is 0.957 bits per heavy atom. The molecule has 2 amide bonds. The molecule has 240 valence electrons. The van der Waals surface area contributed by atoms with Crippen molar-refractivity contribution in [3.05, 3.63) is 125 Å². The van der Waals surface area contributed by atoms with E-state index in [1.165, 1.54) is 34.9 Å². The highest BCUT2D eigenvalue weighted by Crippen LogP contribution is 2.44. The molecule has 1 saturated heterocycles. The molecule has 5 rings (SSSR count). The number of nitrogens with zero attached hydrogens (tertiary/aromatic N) is 1. The summed E-state index contributed by atoms with van der Waals surface area (Å²) in [5.74, 6) is -1.16. The summed E-state index contributed by atoms with van der Waals surface area (Å²) in [4.78, 5) is 41.2. The maximum Gasteiger partial charge on any atom is 0.408 e. The van der Waals surface area contributed by atoms with E-state index in [0.717, 1.165) is 11.8 Å². The van der Waals surface area contributed by atoms with Crippen LogP contribution in [0.5, 0.6) is 0 Å². The molecule has 1 unspecified atom stereocenters. The summed E-state index contributed by atoms with van der Waals surface area (Å²) in [5.41, 5.74) is 1.43. The number of thioether (sulfide) groups is 1. The Balaban J connectivity index is 1.55. The molecule has 1 fully saturated rings. The van der Waals surface area contributed by atoms with Crippen molar-refractivity contribution in [2.75, 3.05) is 0 Å². The average Bonchev–Trinajstić information content (AvgIpc) is 3.00. The standard InChI is InChI=1S/C34H34N2O8S2/c1-22-15-17-25(18-16-22)46(40,41)42-20-19-26-29(36-27(37)21-28(36)45-31(26)35-33(39)44-34(2,3)4)32(38)43-30(23-11-7-5-8-12-23)24-13-9-6-10-14-24/h5-20,28,30-31H,21H2,1-4H3,(H,35,39)/b20-19+/t28-,31?/m1/s1. The lowest BCUT2D eigenvalue weighted by Gasteiger charge is -2.46. The number of hydrogen-bond acceptors (Lipinski definition) is 9. The molecule has 12 heteroatoms. The zero-order valence-electron chi connectivity index (χ0n) is 25.7. The molecule has 0 aromatic heterocycles. The predicted molar refractivity (Wildman–Crippen MR) is 172 cm³/mol. The maximum atomic E-state index is 14.2. The van der Waals surface area contributed by atoms with Gasteiger partial charge in [-0.15, -0.1) is 11.8 Å². The normalized spacial score (nSPS) is 18.2. The largest absolute Gasteiger partial charge is 0.448 e. The second kappa shape index (κ2) is 13.4. The number of benzene rings is 3. The number of amides is 2. The lowest BCUT2D eigenvalue weighted by atomic mass is 10.0. The number of esters is 1. The van der Waals surface area contributed by atoms with E-state index < -0.39 is 44.6 Å². The van der Waals surface area contributed by atoms with Crippen LogP contribution in [-0.2, 0) is 33.4 Å². The summed E-state index contributed by atoms with van der Waals surface area (Å²) in [6.07, 6.45) is 0.705. The van der Waals surface area contributed by atoms with Crippen molar-refractivity contribution in [2.45, 2.75) is 61.5 Å². The zero-order valence-corrected chi connectivity index (χ0v) is 27.3. The highest BCUT2D eigenvalue weighted by molar-refractivity contribution is 8.00. The third-order valence-electron chi connectivity index (χ3n) is 7.01. The number of β-lactam (4-membered cyclic amide) rings is 1. The molecule has 0 radical (unpaired) electrons. The van der Waals surface area contributed by atoms with Gasteiger partial charge in [0, 0.05) is 5.57 Å². The third-order valence-corrected chi connectivity index (χ3v) is 9.56. The van der Waals surface area contributed by atoms with Crippen molar-refractivity contribution in [3.8, 4) is 0 Å². The van der Waals surface area contributed by atoms with Crippen LogP contribution in [0.15, 0.2) is 113 Å². The summed E-state index contributed by atoms with van der Waals surface area (Å²) in [5, 5.41) is 1.36. The number of hydrogen-bond donors (Lipinski definition) is 1. The Morgan fingerprint density at radius 2 is 1.54 bits per heavy atom. The van der Waals surface area contributed by atoms with Crippen molar-refractivity contribution in [3.63, 3.8) is 0 Å². The van der Waals surface area contributed by atoms with Gasteiger partial charge in [0.05, 0.1) is 11.8 Å².